The molecule has 2 fully saturated rings. The first-order chi connectivity index (χ1) is 11.1. The summed E-state index contributed by atoms with van der Waals surface area (Å²) < 4.78 is 2.13. The normalized spacial score (nSPS) is 23.7. The minimum atomic E-state index is 0. The van der Waals surface area contributed by atoms with Crippen molar-refractivity contribution < 1.29 is 0 Å². The van der Waals surface area contributed by atoms with E-state index in [1.165, 1.54) is 44.5 Å². The zero-order chi connectivity index (χ0) is 16.4. The van der Waals surface area contributed by atoms with E-state index in [0.717, 1.165) is 30.3 Å². The number of anilines is 1. The van der Waals surface area contributed by atoms with Crippen molar-refractivity contribution in [1.29, 1.82) is 0 Å². The summed E-state index contributed by atoms with van der Waals surface area (Å²) in [6, 6.07) is 0. The van der Waals surface area contributed by atoms with Gasteiger partial charge in [0.05, 0.1) is 18.4 Å². The zero-order valence-electron chi connectivity index (χ0n) is 15.3. The molecule has 0 bridgehead atoms. The number of nitrogens with one attached hydrogen (secondary N) is 1. The molecule has 2 aliphatic rings. The second-order valence-electron chi connectivity index (χ2n) is 7.11. The molecule has 2 unspecified atom stereocenters. The molecule has 0 radical (unpaired) electrons. The summed E-state index contributed by atoms with van der Waals surface area (Å²) in [5, 5.41) is 3.53. The molecule has 136 valence electrons. The number of guanidine groups is 1. The lowest BCUT2D eigenvalue weighted by atomic mass is 9.82. The number of aliphatic imine (C=N–C) groups is 1. The van der Waals surface area contributed by atoms with Gasteiger partial charge in [-0.2, -0.15) is 0 Å². The van der Waals surface area contributed by atoms with Crippen LogP contribution in [0.2, 0.25) is 0 Å². The molecule has 1 aromatic heterocycles. The number of nitrogens with zero attached hydrogens (tertiary/aromatic N) is 5. The fourth-order valence-electron chi connectivity index (χ4n) is 4.09. The number of rotatable bonds is 3. The lowest BCUT2D eigenvalue weighted by Crippen LogP contribution is -2.40. The first kappa shape index (κ1) is 19.3. The predicted octanol–water partition coefficient (Wildman–Crippen LogP) is 2.30. The largest absolute Gasteiger partial charge is 0.351 e. The fourth-order valence-corrected chi connectivity index (χ4v) is 4.09. The highest BCUT2D eigenvalue weighted by atomic mass is 127. The number of aromatic nitrogens is 2. The van der Waals surface area contributed by atoms with Gasteiger partial charge in [-0.25, -0.2) is 4.98 Å². The summed E-state index contributed by atoms with van der Waals surface area (Å²) in [4.78, 5) is 13.5. The summed E-state index contributed by atoms with van der Waals surface area (Å²) in [6.45, 7) is 3.09. The molecule has 1 aliphatic heterocycles. The Kier molecular flexibility index (Phi) is 6.77. The average Bonchev–Trinajstić information content (AvgIpc) is 3.12. The predicted molar refractivity (Wildman–Crippen MR) is 110 cm³/mol. The number of likely N-dealkylation sites (tertiary alicyclic amines) is 1. The summed E-state index contributed by atoms with van der Waals surface area (Å²) in [6.07, 6.45) is 7.55. The van der Waals surface area contributed by atoms with Crippen LogP contribution >= 0.6 is 24.0 Å². The van der Waals surface area contributed by atoms with Crippen LogP contribution in [0, 0.1) is 11.8 Å². The van der Waals surface area contributed by atoms with E-state index in [1.807, 2.05) is 32.2 Å². The van der Waals surface area contributed by atoms with Crippen LogP contribution < -0.4 is 10.2 Å². The van der Waals surface area contributed by atoms with Gasteiger partial charge < -0.3 is 19.7 Å². The molecule has 2 heterocycles. The first-order valence-electron chi connectivity index (χ1n) is 8.73. The molecule has 1 aromatic rings. The van der Waals surface area contributed by atoms with Crippen molar-refractivity contribution >= 4 is 35.9 Å². The van der Waals surface area contributed by atoms with Crippen molar-refractivity contribution in [2.45, 2.75) is 32.2 Å². The van der Waals surface area contributed by atoms with Gasteiger partial charge in [-0.1, -0.05) is 12.8 Å². The Bertz CT molecular complexity index is 553. The van der Waals surface area contributed by atoms with Gasteiger partial charge in [-0.15, -0.1) is 24.0 Å². The topological polar surface area (TPSA) is 48.7 Å². The third kappa shape index (κ3) is 3.97. The SMILES string of the molecule is CN=C(NCc1cnc(N(C)C)n1C)N1CC2CCCCC2C1.I. The van der Waals surface area contributed by atoms with Gasteiger partial charge in [0.25, 0.3) is 0 Å². The maximum atomic E-state index is 4.51. The van der Waals surface area contributed by atoms with Crippen molar-refractivity contribution in [2.75, 3.05) is 39.1 Å². The molecule has 0 amide bonds. The Morgan fingerprint density at radius 2 is 1.92 bits per heavy atom. The van der Waals surface area contributed by atoms with Gasteiger partial charge in [-0.3, -0.25) is 4.99 Å². The number of hydrogen-bond donors (Lipinski definition) is 1. The fraction of sp³-hybridized carbons (Fsp3) is 0.765. The number of fused-ring (bicyclic) bond motifs is 1. The molecule has 1 aliphatic carbocycles. The molecular formula is C17H31IN6. The van der Waals surface area contributed by atoms with Crippen molar-refractivity contribution in [3.05, 3.63) is 11.9 Å². The second-order valence-corrected chi connectivity index (χ2v) is 7.11. The monoisotopic (exact) mass is 446 g/mol. The molecule has 0 aromatic carbocycles. The number of hydrogen-bond acceptors (Lipinski definition) is 3. The standard InChI is InChI=1S/C17H30N6.HI/c1-18-16(23-11-13-7-5-6-8-14(13)12-23)19-9-15-10-20-17(21(2)3)22(15)4;/h10,13-14H,5-9,11-12H2,1-4H3,(H,18,19);1H. The lowest BCUT2D eigenvalue weighted by Gasteiger charge is -2.22. The molecule has 1 N–H and O–H groups in total. The van der Waals surface area contributed by atoms with Crippen LogP contribution in [0.15, 0.2) is 11.2 Å². The van der Waals surface area contributed by atoms with E-state index in [2.05, 4.69) is 31.8 Å². The molecule has 7 heteroatoms. The molecular weight excluding hydrogens is 415 g/mol. The van der Waals surface area contributed by atoms with E-state index in [9.17, 15) is 0 Å². The van der Waals surface area contributed by atoms with E-state index in [4.69, 9.17) is 0 Å². The first-order valence-corrected chi connectivity index (χ1v) is 8.73. The van der Waals surface area contributed by atoms with Gasteiger partial charge in [0, 0.05) is 41.3 Å². The van der Waals surface area contributed by atoms with E-state index in [0.29, 0.717) is 0 Å². The zero-order valence-corrected chi connectivity index (χ0v) is 17.7. The van der Waals surface area contributed by atoms with Crippen LogP contribution in [0.4, 0.5) is 5.95 Å². The smallest absolute Gasteiger partial charge is 0.204 e. The van der Waals surface area contributed by atoms with Gasteiger partial charge in [0.1, 0.15) is 0 Å². The van der Waals surface area contributed by atoms with E-state index < -0.39 is 0 Å². The summed E-state index contributed by atoms with van der Waals surface area (Å²) in [7, 11) is 7.99. The van der Waals surface area contributed by atoms with Crippen LogP contribution in [0.25, 0.3) is 0 Å². The molecule has 1 saturated carbocycles. The second kappa shape index (κ2) is 8.40. The third-order valence-corrected chi connectivity index (χ3v) is 5.38. The molecule has 2 atom stereocenters. The van der Waals surface area contributed by atoms with Gasteiger partial charge in [-0.05, 0) is 24.7 Å². The Hall–Kier alpha value is -0.990. The van der Waals surface area contributed by atoms with Crippen LogP contribution in [0.1, 0.15) is 31.4 Å². The molecule has 0 spiro atoms. The number of imidazole rings is 1. The molecule has 1 saturated heterocycles. The van der Waals surface area contributed by atoms with Crippen LogP contribution in [-0.4, -0.2) is 54.6 Å². The van der Waals surface area contributed by atoms with Crippen molar-refractivity contribution in [1.82, 2.24) is 19.8 Å². The molecule has 24 heavy (non-hydrogen) atoms. The van der Waals surface area contributed by atoms with Crippen LogP contribution in [0.5, 0.6) is 0 Å². The number of halogens is 1. The van der Waals surface area contributed by atoms with Crippen molar-refractivity contribution in [3.63, 3.8) is 0 Å². The third-order valence-electron chi connectivity index (χ3n) is 5.38. The minimum Gasteiger partial charge on any atom is -0.351 e. The highest BCUT2D eigenvalue weighted by Gasteiger charge is 2.35. The quantitative estimate of drug-likeness (QED) is 0.440. The molecule has 3 rings (SSSR count). The van der Waals surface area contributed by atoms with Gasteiger partial charge in [0.2, 0.25) is 5.95 Å². The average molecular weight is 446 g/mol. The van der Waals surface area contributed by atoms with Crippen molar-refractivity contribution in [2.24, 2.45) is 23.9 Å². The highest BCUT2D eigenvalue weighted by molar-refractivity contribution is 14.0. The van der Waals surface area contributed by atoms with Gasteiger partial charge in [0.15, 0.2) is 5.96 Å². The van der Waals surface area contributed by atoms with E-state index in [1.54, 1.807) is 0 Å². The highest BCUT2D eigenvalue weighted by Crippen LogP contribution is 2.35. The van der Waals surface area contributed by atoms with Crippen molar-refractivity contribution in [3.8, 4) is 0 Å². The minimum absolute atomic E-state index is 0. The lowest BCUT2D eigenvalue weighted by molar-refractivity contribution is 0.299. The van der Waals surface area contributed by atoms with Crippen LogP contribution in [-0.2, 0) is 13.6 Å². The Labute approximate surface area is 162 Å². The maximum absolute atomic E-state index is 4.51. The molecule has 6 nitrogen and oxygen atoms in total. The Morgan fingerprint density at radius 1 is 1.29 bits per heavy atom. The summed E-state index contributed by atoms with van der Waals surface area (Å²) in [5.74, 6) is 3.76. The summed E-state index contributed by atoms with van der Waals surface area (Å²) >= 11 is 0. The Balaban J connectivity index is 0.00000208. The maximum Gasteiger partial charge on any atom is 0.204 e. The van der Waals surface area contributed by atoms with E-state index >= 15 is 0 Å². The van der Waals surface area contributed by atoms with Crippen LogP contribution in [0.3, 0.4) is 0 Å². The summed E-state index contributed by atoms with van der Waals surface area (Å²) in [5.41, 5.74) is 1.17. The van der Waals surface area contributed by atoms with Gasteiger partial charge >= 0.3 is 0 Å². The van der Waals surface area contributed by atoms with E-state index in [-0.39, 0.29) is 24.0 Å². The Morgan fingerprint density at radius 3 is 2.42 bits per heavy atom.